The summed E-state index contributed by atoms with van der Waals surface area (Å²) in [7, 11) is 0. The molecule has 3 heterocycles. The van der Waals surface area contributed by atoms with Gasteiger partial charge in [0.2, 0.25) is 11.9 Å². The molecule has 0 spiro atoms. The number of hydrogen-bond acceptors (Lipinski definition) is 8. The van der Waals surface area contributed by atoms with Crippen LogP contribution in [0.5, 0.6) is 0 Å². The van der Waals surface area contributed by atoms with E-state index in [9.17, 15) is 9.90 Å². The topological polar surface area (TPSA) is 149 Å². The van der Waals surface area contributed by atoms with Crippen molar-refractivity contribution in [2.45, 2.75) is 40.1 Å². The predicted molar refractivity (Wildman–Crippen MR) is 121 cm³/mol. The lowest BCUT2D eigenvalue weighted by Gasteiger charge is -2.09. The molecule has 1 amide bonds. The zero-order chi connectivity index (χ0) is 22.7. The quantitative estimate of drug-likeness (QED) is 0.327. The number of fused-ring (bicyclic) bond motifs is 1. The van der Waals surface area contributed by atoms with Crippen LogP contribution in [0.25, 0.3) is 11.2 Å². The van der Waals surface area contributed by atoms with Crippen LogP contribution in [0.4, 0.5) is 17.6 Å². The summed E-state index contributed by atoms with van der Waals surface area (Å²) in [5.41, 5.74) is 9.58. The van der Waals surface area contributed by atoms with E-state index in [1.54, 1.807) is 15.6 Å². The number of aromatic nitrogens is 6. The second kappa shape index (κ2) is 9.02. The van der Waals surface area contributed by atoms with Crippen LogP contribution in [0, 0.1) is 6.92 Å². The number of benzene rings is 1. The Kier molecular flexibility index (Phi) is 5.99. The molecule has 0 aliphatic carbocycles. The highest BCUT2D eigenvalue weighted by atomic mass is 16.3. The number of nitrogens with one attached hydrogen (secondary N) is 2. The Morgan fingerprint density at radius 2 is 1.94 bits per heavy atom. The van der Waals surface area contributed by atoms with Crippen LogP contribution in [0.15, 0.2) is 36.7 Å². The molecule has 166 valence electrons. The fourth-order valence-electron chi connectivity index (χ4n) is 3.37. The molecule has 32 heavy (non-hydrogen) atoms. The fourth-order valence-corrected chi connectivity index (χ4v) is 3.37. The summed E-state index contributed by atoms with van der Waals surface area (Å²) in [5, 5.41) is 19.6. The standard InChI is InChI=1S/C21H25N9O2/c1-3-30-16(8-13(2)28-30)25-17(32)10-29-12-24-18-19(26-21(22)27-20(18)29)23-9-14-4-6-15(11-31)7-5-14/h4-8,12,31H,3,9-11H2,1-2H3,(H,25,32)(H3,22,23,26,27). The Hall–Kier alpha value is -3.99. The van der Waals surface area contributed by atoms with Crippen LogP contribution in [-0.4, -0.2) is 40.3 Å². The van der Waals surface area contributed by atoms with Crippen molar-refractivity contribution in [2.24, 2.45) is 0 Å². The van der Waals surface area contributed by atoms with Crippen molar-refractivity contribution in [2.75, 3.05) is 16.4 Å². The molecule has 4 rings (SSSR count). The number of hydrogen-bond donors (Lipinski definition) is 4. The van der Waals surface area contributed by atoms with Gasteiger partial charge in [-0.25, -0.2) is 9.67 Å². The molecular weight excluding hydrogens is 410 g/mol. The van der Waals surface area contributed by atoms with Gasteiger partial charge in [-0.3, -0.25) is 4.79 Å². The van der Waals surface area contributed by atoms with Gasteiger partial charge in [0.1, 0.15) is 12.4 Å². The van der Waals surface area contributed by atoms with Crippen molar-refractivity contribution in [1.29, 1.82) is 0 Å². The first-order valence-electron chi connectivity index (χ1n) is 10.2. The predicted octanol–water partition coefficient (Wildman–Crippen LogP) is 1.68. The third-order valence-electron chi connectivity index (χ3n) is 4.93. The summed E-state index contributed by atoms with van der Waals surface area (Å²) in [6.45, 7) is 5.00. The van der Waals surface area contributed by atoms with E-state index in [1.165, 1.54) is 0 Å². The second-order valence-electron chi connectivity index (χ2n) is 7.34. The number of imidazole rings is 1. The molecule has 0 bridgehead atoms. The van der Waals surface area contributed by atoms with E-state index >= 15 is 0 Å². The van der Waals surface area contributed by atoms with Gasteiger partial charge < -0.3 is 26.0 Å². The highest BCUT2D eigenvalue weighted by Crippen LogP contribution is 2.21. The summed E-state index contributed by atoms with van der Waals surface area (Å²) < 4.78 is 3.36. The maximum atomic E-state index is 12.6. The summed E-state index contributed by atoms with van der Waals surface area (Å²) >= 11 is 0. The minimum absolute atomic E-state index is 0.00216. The van der Waals surface area contributed by atoms with Crippen molar-refractivity contribution < 1.29 is 9.90 Å². The van der Waals surface area contributed by atoms with E-state index in [1.807, 2.05) is 44.2 Å². The Bertz CT molecular complexity index is 1240. The van der Waals surface area contributed by atoms with Gasteiger partial charge in [0.25, 0.3) is 0 Å². The molecule has 3 aromatic heterocycles. The highest BCUT2D eigenvalue weighted by molar-refractivity contribution is 5.91. The zero-order valence-corrected chi connectivity index (χ0v) is 17.9. The molecule has 0 aliphatic rings. The third kappa shape index (κ3) is 4.52. The SMILES string of the molecule is CCn1nc(C)cc1NC(=O)Cn1cnc2c(NCc3ccc(CO)cc3)nc(N)nc21. The van der Waals surface area contributed by atoms with Gasteiger partial charge in [-0.1, -0.05) is 24.3 Å². The average Bonchev–Trinajstić information content (AvgIpc) is 3.34. The lowest BCUT2D eigenvalue weighted by atomic mass is 10.1. The molecule has 11 heteroatoms. The summed E-state index contributed by atoms with van der Waals surface area (Å²) in [4.78, 5) is 25.5. The number of carbonyl (C=O) groups is 1. The van der Waals surface area contributed by atoms with Crippen molar-refractivity contribution in [3.8, 4) is 0 Å². The number of amides is 1. The Morgan fingerprint density at radius 3 is 2.66 bits per heavy atom. The molecule has 0 radical (unpaired) electrons. The molecule has 0 aliphatic heterocycles. The van der Waals surface area contributed by atoms with E-state index in [-0.39, 0.29) is 25.0 Å². The van der Waals surface area contributed by atoms with Gasteiger partial charge >= 0.3 is 0 Å². The minimum Gasteiger partial charge on any atom is -0.392 e. The first-order chi connectivity index (χ1) is 15.5. The summed E-state index contributed by atoms with van der Waals surface area (Å²) in [5.74, 6) is 0.979. The van der Waals surface area contributed by atoms with Crippen LogP contribution < -0.4 is 16.4 Å². The van der Waals surface area contributed by atoms with Gasteiger partial charge in [-0.2, -0.15) is 15.1 Å². The fraction of sp³-hybridized carbons (Fsp3) is 0.286. The molecule has 0 unspecified atom stereocenters. The number of aliphatic hydroxyl groups is 1. The van der Waals surface area contributed by atoms with Gasteiger partial charge in [-0.05, 0) is 25.0 Å². The average molecular weight is 435 g/mol. The Labute approximate surface area is 184 Å². The number of aliphatic hydroxyl groups excluding tert-OH is 1. The maximum Gasteiger partial charge on any atom is 0.245 e. The molecular formula is C21H25N9O2. The normalized spacial score (nSPS) is 11.1. The van der Waals surface area contributed by atoms with E-state index in [0.29, 0.717) is 35.9 Å². The lowest BCUT2D eigenvalue weighted by Crippen LogP contribution is -2.20. The molecule has 0 saturated heterocycles. The van der Waals surface area contributed by atoms with Gasteiger partial charge in [0, 0.05) is 19.2 Å². The maximum absolute atomic E-state index is 12.6. The van der Waals surface area contributed by atoms with Crippen LogP contribution >= 0.6 is 0 Å². The number of carbonyl (C=O) groups excluding carboxylic acids is 1. The summed E-state index contributed by atoms with van der Waals surface area (Å²) in [6, 6.07) is 9.39. The largest absolute Gasteiger partial charge is 0.392 e. The number of aryl methyl sites for hydroxylation is 2. The smallest absolute Gasteiger partial charge is 0.245 e. The minimum atomic E-state index is -0.227. The first-order valence-corrected chi connectivity index (χ1v) is 10.2. The van der Waals surface area contributed by atoms with E-state index < -0.39 is 0 Å². The van der Waals surface area contributed by atoms with E-state index in [0.717, 1.165) is 16.8 Å². The number of nitrogen functional groups attached to an aromatic ring is 1. The molecule has 5 N–H and O–H groups in total. The van der Waals surface area contributed by atoms with Crippen LogP contribution in [0.1, 0.15) is 23.7 Å². The molecule has 0 fully saturated rings. The van der Waals surface area contributed by atoms with Crippen LogP contribution in [0.2, 0.25) is 0 Å². The van der Waals surface area contributed by atoms with Crippen molar-refractivity contribution in [1.82, 2.24) is 29.3 Å². The lowest BCUT2D eigenvalue weighted by molar-refractivity contribution is -0.116. The summed E-state index contributed by atoms with van der Waals surface area (Å²) in [6.07, 6.45) is 1.54. The van der Waals surface area contributed by atoms with Crippen molar-refractivity contribution in [3.63, 3.8) is 0 Å². The Morgan fingerprint density at radius 1 is 1.19 bits per heavy atom. The number of rotatable bonds is 8. The first kappa shape index (κ1) is 21.2. The van der Waals surface area contributed by atoms with Crippen molar-refractivity contribution >= 4 is 34.7 Å². The van der Waals surface area contributed by atoms with E-state index in [2.05, 4.69) is 30.7 Å². The van der Waals surface area contributed by atoms with Crippen LogP contribution in [-0.2, 0) is 31.0 Å². The van der Waals surface area contributed by atoms with Crippen LogP contribution in [0.3, 0.4) is 0 Å². The highest BCUT2D eigenvalue weighted by Gasteiger charge is 2.15. The number of nitrogens with two attached hydrogens (primary N) is 1. The van der Waals surface area contributed by atoms with Crippen molar-refractivity contribution in [3.05, 3.63) is 53.5 Å². The van der Waals surface area contributed by atoms with E-state index in [4.69, 9.17) is 5.73 Å². The second-order valence-corrected chi connectivity index (χ2v) is 7.34. The van der Waals surface area contributed by atoms with Gasteiger partial charge in [0.05, 0.1) is 18.6 Å². The molecule has 1 aromatic carbocycles. The monoisotopic (exact) mass is 435 g/mol. The third-order valence-corrected chi connectivity index (χ3v) is 4.93. The molecule has 0 saturated carbocycles. The van der Waals surface area contributed by atoms with Gasteiger partial charge in [-0.15, -0.1) is 0 Å². The molecule has 11 nitrogen and oxygen atoms in total. The zero-order valence-electron chi connectivity index (χ0n) is 17.9. The number of nitrogens with zero attached hydrogens (tertiary/aromatic N) is 6. The van der Waals surface area contributed by atoms with Gasteiger partial charge in [0.15, 0.2) is 17.0 Å². The molecule has 4 aromatic rings. The molecule has 0 atom stereocenters. The number of anilines is 3. The Balaban J connectivity index is 1.51.